The van der Waals surface area contributed by atoms with Crippen LogP contribution in [0.25, 0.3) is 0 Å². The zero-order chi connectivity index (χ0) is 28.2. The average Bonchev–Trinajstić information content (AvgIpc) is 2.87. The minimum Gasteiger partial charge on any atom is 2.00 e. The molecule has 0 N–H and O–H groups in total. The largest absolute Gasteiger partial charge is 2.00 e. The van der Waals surface area contributed by atoms with Crippen molar-refractivity contribution in [3.05, 3.63) is 0 Å². The second-order valence-corrected chi connectivity index (χ2v) is 14.6. The van der Waals surface area contributed by atoms with Gasteiger partial charge in [0, 0.05) is 11.9 Å². The minimum atomic E-state index is -0.909. The zero-order valence-electron chi connectivity index (χ0n) is 25.8. The van der Waals surface area contributed by atoms with Crippen LogP contribution >= 0.6 is 0 Å². The molecule has 6 heteroatoms. The first kappa shape index (κ1) is 45.3. The van der Waals surface area contributed by atoms with Gasteiger partial charge in [0.05, 0.1) is 0 Å². The number of carboxylic acid groups (broad SMARTS) is 2. The van der Waals surface area contributed by atoms with E-state index in [9.17, 15) is 19.8 Å². The fourth-order valence-corrected chi connectivity index (χ4v) is 8.05. The van der Waals surface area contributed by atoms with Gasteiger partial charge in [-0.1, -0.05) is 117 Å². The topological polar surface area (TPSA) is 80.3 Å². The molecule has 4 nitrogen and oxygen atoms in total. The normalized spacial score (nSPS) is 9.79. The number of aliphatic carboxylic acids is 2. The molecule has 0 aromatic carbocycles. The Kier molecular flexibility index (Phi) is 52.7. The third-order valence-electron chi connectivity index (χ3n) is 6.38. The van der Waals surface area contributed by atoms with Gasteiger partial charge in [-0.3, -0.25) is 0 Å². The number of unbranched alkanes of at least 4 members (excludes halogenated alkanes) is 18. The monoisotopic (exact) mass is 695 g/mol. The first-order valence-electron chi connectivity index (χ1n) is 16.1. The molecular formula is C32H64CuO4Sn+2. The van der Waals surface area contributed by atoms with Gasteiger partial charge in [0.25, 0.3) is 0 Å². The van der Waals surface area contributed by atoms with E-state index in [-0.39, 0.29) is 51.1 Å². The van der Waals surface area contributed by atoms with E-state index in [1.165, 1.54) is 116 Å². The molecule has 229 valence electrons. The number of carbonyl (C=O) groups is 2. The SMILES string of the molecule is CCCCCCCCCCCC(=O)[O-].CCCCCCCCCCCC(=O)[O-].CCC[CH2][Sn+2][CH2]CCC.[Cu+2]. The second-order valence-electron chi connectivity index (χ2n) is 10.4. The molecule has 0 spiro atoms. The molecule has 0 atom stereocenters. The zero-order valence-corrected chi connectivity index (χ0v) is 29.6. The predicted molar refractivity (Wildman–Crippen MR) is 159 cm³/mol. The van der Waals surface area contributed by atoms with Gasteiger partial charge < -0.3 is 19.8 Å². The molecule has 0 unspecified atom stereocenters. The van der Waals surface area contributed by atoms with Crippen LogP contribution in [-0.2, 0) is 26.7 Å². The number of rotatable bonds is 26. The van der Waals surface area contributed by atoms with Crippen LogP contribution < -0.4 is 10.2 Å². The summed E-state index contributed by atoms with van der Waals surface area (Å²) in [4.78, 5) is 20.2. The molecule has 0 aromatic rings. The molecule has 0 aliphatic heterocycles. The standard InChI is InChI=1S/2C12H24O2.2C4H9.Cu.Sn/c2*1-2-3-4-5-6-7-8-9-10-11-12(13)14;2*1-3-4-2;;/h2*2-11H2,1H3,(H,13,14);2*1,3-4H2,2H3;;/q;;;;2*+2/p-2. The van der Waals surface area contributed by atoms with Crippen molar-refractivity contribution in [1.29, 1.82) is 0 Å². The molecule has 0 saturated heterocycles. The van der Waals surface area contributed by atoms with Gasteiger partial charge >= 0.3 is 86.6 Å². The van der Waals surface area contributed by atoms with Gasteiger partial charge in [0.1, 0.15) is 0 Å². The van der Waals surface area contributed by atoms with Crippen LogP contribution in [0.3, 0.4) is 0 Å². The Labute approximate surface area is 259 Å². The number of hydrogen-bond donors (Lipinski definition) is 0. The van der Waals surface area contributed by atoms with Crippen molar-refractivity contribution in [3.63, 3.8) is 0 Å². The quantitative estimate of drug-likeness (QED) is 0.0673. The summed E-state index contributed by atoms with van der Waals surface area (Å²) in [5.74, 6) is -1.82. The molecule has 0 rings (SSSR count). The maximum Gasteiger partial charge on any atom is 2.00 e. The number of carbonyl (C=O) groups excluding carboxylic acids is 2. The van der Waals surface area contributed by atoms with E-state index in [1.54, 1.807) is 8.87 Å². The maximum absolute atomic E-state index is 10.1. The van der Waals surface area contributed by atoms with E-state index in [4.69, 9.17) is 0 Å². The van der Waals surface area contributed by atoms with Crippen LogP contribution in [0.2, 0.25) is 8.87 Å². The molecule has 0 fully saturated rings. The van der Waals surface area contributed by atoms with E-state index in [0.29, 0.717) is 0 Å². The molecule has 1 radical (unpaired) electrons. The van der Waals surface area contributed by atoms with Gasteiger partial charge in [-0.2, -0.15) is 0 Å². The Bertz CT molecular complexity index is 398. The van der Waals surface area contributed by atoms with Gasteiger partial charge in [0.2, 0.25) is 0 Å². The van der Waals surface area contributed by atoms with E-state index in [2.05, 4.69) is 27.7 Å². The molecule has 38 heavy (non-hydrogen) atoms. The molecule has 0 heterocycles. The van der Waals surface area contributed by atoms with Crippen molar-refractivity contribution in [2.75, 3.05) is 0 Å². The number of hydrogen-bond acceptors (Lipinski definition) is 4. The van der Waals surface area contributed by atoms with Crippen molar-refractivity contribution in [2.45, 2.75) is 191 Å². The van der Waals surface area contributed by atoms with E-state index in [1.807, 2.05) is 0 Å². The van der Waals surface area contributed by atoms with Crippen molar-refractivity contribution < 1.29 is 36.9 Å². The van der Waals surface area contributed by atoms with Gasteiger partial charge in [-0.25, -0.2) is 0 Å². The Morgan fingerprint density at radius 1 is 0.421 bits per heavy atom. The summed E-state index contributed by atoms with van der Waals surface area (Å²) in [7, 11) is 0. The first-order valence-corrected chi connectivity index (χ1v) is 20.1. The number of carboxylic acids is 2. The van der Waals surface area contributed by atoms with E-state index >= 15 is 0 Å². The van der Waals surface area contributed by atoms with Crippen LogP contribution in [0, 0.1) is 0 Å². The molecule has 0 aliphatic rings. The average molecular weight is 695 g/mol. The summed E-state index contributed by atoms with van der Waals surface area (Å²) in [5, 5.41) is 20.2. The van der Waals surface area contributed by atoms with E-state index < -0.39 is 11.9 Å². The predicted octanol–water partition coefficient (Wildman–Crippen LogP) is 8.44. The Morgan fingerprint density at radius 3 is 0.895 bits per heavy atom. The van der Waals surface area contributed by atoms with Crippen molar-refractivity contribution >= 4 is 33.1 Å². The van der Waals surface area contributed by atoms with Crippen molar-refractivity contribution in [1.82, 2.24) is 0 Å². The first-order chi connectivity index (χ1) is 18.0. The molecule has 0 saturated carbocycles. The summed E-state index contributed by atoms with van der Waals surface area (Å²) in [6.45, 7) is 9.03. The molecule has 0 bridgehead atoms. The second kappa shape index (κ2) is 44.3. The van der Waals surface area contributed by atoms with Crippen LogP contribution in [0.5, 0.6) is 0 Å². The minimum absolute atomic E-state index is 0. The fraction of sp³-hybridized carbons (Fsp3) is 0.938. The van der Waals surface area contributed by atoms with Gasteiger partial charge in [-0.05, 0) is 25.7 Å². The smallest absolute Gasteiger partial charge is 2.00 e. The summed E-state index contributed by atoms with van der Waals surface area (Å²) in [6.07, 6.45) is 28.2. The van der Waals surface area contributed by atoms with E-state index in [0.717, 1.165) is 25.7 Å². The summed E-state index contributed by atoms with van der Waals surface area (Å²) in [6, 6.07) is 0. The molecule has 0 aromatic heterocycles. The van der Waals surface area contributed by atoms with Crippen LogP contribution in [0.15, 0.2) is 0 Å². The third kappa shape index (κ3) is 56.4. The maximum atomic E-state index is 10.1. The van der Waals surface area contributed by atoms with Crippen LogP contribution in [-0.4, -0.2) is 33.1 Å². The Balaban J connectivity index is -0.000000231. The van der Waals surface area contributed by atoms with Crippen LogP contribution in [0.1, 0.15) is 182 Å². The summed E-state index contributed by atoms with van der Waals surface area (Å²) < 4.78 is 3.25. The molecule has 0 aliphatic carbocycles. The van der Waals surface area contributed by atoms with Crippen molar-refractivity contribution in [2.24, 2.45) is 0 Å². The van der Waals surface area contributed by atoms with Gasteiger partial charge in [-0.15, -0.1) is 0 Å². The molecular weight excluding hydrogens is 631 g/mol. The van der Waals surface area contributed by atoms with Gasteiger partial charge in [0.15, 0.2) is 0 Å². The van der Waals surface area contributed by atoms with Crippen LogP contribution in [0.4, 0.5) is 0 Å². The Hall–Kier alpha value is 0.258. The Morgan fingerprint density at radius 2 is 0.658 bits per heavy atom. The fourth-order valence-electron chi connectivity index (χ4n) is 3.89. The molecule has 0 amide bonds. The summed E-state index contributed by atoms with van der Waals surface area (Å²) >= 11 is 0.149. The summed E-state index contributed by atoms with van der Waals surface area (Å²) in [5.41, 5.74) is 0. The van der Waals surface area contributed by atoms with Crippen molar-refractivity contribution in [3.8, 4) is 0 Å². The third-order valence-corrected chi connectivity index (χ3v) is 10.4.